The quantitative estimate of drug-likeness (QED) is 0.331. The summed E-state index contributed by atoms with van der Waals surface area (Å²) in [5.41, 5.74) is -0.373. The van der Waals surface area contributed by atoms with Crippen molar-refractivity contribution in [3.05, 3.63) is 94.3 Å². The van der Waals surface area contributed by atoms with Crippen LogP contribution in [0.3, 0.4) is 0 Å². The third-order valence-corrected chi connectivity index (χ3v) is 9.54. The lowest BCUT2D eigenvalue weighted by atomic mass is 9.99. The van der Waals surface area contributed by atoms with Crippen LogP contribution in [0.15, 0.2) is 65.6 Å². The van der Waals surface area contributed by atoms with Gasteiger partial charge < -0.3 is 5.11 Å². The Hall–Kier alpha value is -3.09. The molecule has 3 rings (SSSR count). The molecule has 3 aromatic rings. The van der Waals surface area contributed by atoms with Gasteiger partial charge in [-0.15, -0.1) is 0 Å². The van der Waals surface area contributed by atoms with E-state index in [1.807, 2.05) is 0 Å². The van der Waals surface area contributed by atoms with Gasteiger partial charge in [0.1, 0.15) is 17.5 Å². The number of aliphatic carboxylic acids is 1. The highest BCUT2D eigenvalue weighted by molar-refractivity contribution is 7.93. The lowest BCUT2D eigenvalue weighted by Crippen LogP contribution is -2.35. The van der Waals surface area contributed by atoms with E-state index in [2.05, 4.69) is 0 Å². The molecule has 0 spiro atoms. The standard InChI is InChI=1S/C25H23ClF3NO6S2/c1-16(22-8-4-19(27)14-17(22)10-12-37(33,34)13-11-25(31)32)30(24-15-20(28)5-9-23(24)29)38(35,36)21-6-2-18(26)3-7-21/h2-9,14-16H,10-13H2,1H3,(H,31,32)/t16-/m1/s1. The molecule has 0 bridgehead atoms. The van der Waals surface area contributed by atoms with Gasteiger partial charge in [0.25, 0.3) is 10.0 Å². The molecular formula is C25H23ClF3NO6S2. The average Bonchev–Trinajstić information content (AvgIpc) is 2.84. The maximum absolute atomic E-state index is 14.9. The maximum atomic E-state index is 14.9. The van der Waals surface area contributed by atoms with Gasteiger partial charge in [-0.1, -0.05) is 17.7 Å². The van der Waals surface area contributed by atoms with Crippen LogP contribution in [0, 0.1) is 17.5 Å². The van der Waals surface area contributed by atoms with Gasteiger partial charge in [0.2, 0.25) is 0 Å². The van der Waals surface area contributed by atoms with E-state index in [-0.39, 0.29) is 27.5 Å². The second kappa shape index (κ2) is 11.7. The molecule has 0 fully saturated rings. The Morgan fingerprint density at radius 1 is 0.921 bits per heavy atom. The summed E-state index contributed by atoms with van der Waals surface area (Å²) in [5.74, 6) is -5.16. The van der Waals surface area contributed by atoms with Gasteiger partial charge in [0.15, 0.2) is 9.84 Å². The second-order valence-corrected chi connectivity index (χ2v) is 13.0. The average molecular weight is 590 g/mol. The molecule has 38 heavy (non-hydrogen) atoms. The first kappa shape index (κ1) is 29.5. The molecule has 1 N–H and O–H groups in total. The molecule has 7 nitrogen and oxygen atoms in total. The van der Waals surface area contributed by atoms with Crippen LogP contribution in [0.4, 0.5) is 18.9 Å². The van der Waals surface area contributed by atoms with Crippen molar-refractivity contribution in [1.29, 1.82) is 0 Å². The molecule has 0 heterocycles. The van der Waals surface area contributed by atoms with Crippen LogP contribution in [-0.4, -0.2) is 39.4 Å². The molecular weight excluding hydrogens is 567 g/mol. The van der Waals surface area contributed by atoms with E-state index in [4.69, 9.17) is 16.7 Å². The number of carboxylic acid groups (broad SMARTS) is 1. The highest BCUT2D eigenvalue weighted by Gasteiger charge is 2.34. The number of benzene rings is 3. The number of carbonyl (C=O) groups is 1. The van der Waals surface area contributed by atoms with Crippen LogP contribution in [0.25, 0.3) is 0 Å². The highest BCUT2D eigenvalue weighted by atomic mass is 35.5. The number of hydrogen-bond acceptors (Lipinski definition) is 5. The summed E-state index contributed by atoms with van der Waals surface area (Å²) in [5, 5.41) is 9.01. The Kier molecular flexibility index (Phi) is 9.11. The van der Waals surface area contributed by atoms with Crippen molar-refractivity contribution in [2.75, 3.05) is 15.8 Å². The summed E-state index contributed by atoms with van der Waals surface area (Å²) in [6, 6.07) is 9.32. The molecule has 0 unspecified atom stereocenters. The van der Waals surface area contributed by atoms with Crippen molar-refractivity contribution in [2.24, 2.45) is 0 Å². The summed E-state index contributed by atoms with van der Waals surface area (Å²) in [7, 11) is -8.40. The van der Waals surface area contributed by atoms with E-state index >= 15 is 0 Å². The zero-order valence-corrected chi connectivity index (χ0v) is 22.3. The summed E-state index contributed by atoms with van der Waals surface area (Å²) in [6.45, 7) is 1.37. The zero-order valence-electron chi connectivity index (χ0n) is 19.9. The molecule has 0 aliphatic rings. The number of halogens is 4. The van der Waals surface area contributed by atoms with E-state index in [9.17, 15) is 34.8 Å². The third kappa shape index (κ3) is 7.06. The molecule has 1 atom stereocenters. The van der Waals surface area contributed by atoms with Gasteiger partial charge in [-0.3, -0.25) is 9.10 Å². The van der Waals surface area contributed by atoms with Gasteiger partial charge in [0.05, 0.1) is 34.6 Å². The van der Waals surface area contributed by atoms with Crippen LogP contribution in [0.2, 0.25) is 5.02 Å². The van der Waals surface area contributed by atoms with Crippen molar-refractivity contribution in [3.63, 3.8) is 0 Å². The minimum Gasteiger partial charge on any atom is -0.481 e. The molecule has 204 valence electrons. The van der Waals surface area contributed by atoms with Crippen LogP contribution in [0.1, 0.15) is 30.5 Å². The lowest BCUT2D eigenvalue weighted by molar-refractivity contribution is -0.136. The largest absolute Gasteiger partial charge is 0.481 e. The fraction of sp³-hybridized carbons (Fsp3) is 0.240. The van der Waals surface area contributed by atoms with Gasteiger partial charge in [-0.05, 0) is 73.0 Å². The third-order valence-electron chi connectivity index (χ3n) is 5.73. The van der Waals surface area contributed by atoms with Crippen molar-refractivity contribution in [3.8, 4) is 0 Å². The van der Waals surface area contributed by atoms with Crippen LogP contribution in [0.5, 0.6) is 0 Å². The van der Waals surface area contributed by atoms with Crippen LogP contribution in [-0.2, 0) is 31.1 Å². The SMILES string of the molecule is C[C@H](c1ccc(F)cc1CCS(=O)(=O)CCC(=O)O)N(c1cc(F)ccc1F)S(=O)(=O)c1ccc(Cl)cc1. The second-order valence-electron chi connectivity index (χ2n) is 8.42. The molecule has 0 saturated heterocycles. The maximum Gasteiger partial charge on any atom is 0.304 e. The number of anilines is 1. The van der Waals surface area contributed by atoms with Crippen molar-refractivity contribution < 1.29 is 39.9 Å². The number of sulfone groups is 1. The molecule has 0 aliphatic carbocycles. The van der Waals surface area contributed by atoms with Crippen LogP contribution >= 0.6 is 11.6 Å². The first-order chi connectivity index (χ1) is 17.7. The van der Waals surface area contributed by atoms with Gasteiger partial charge in [-0.2, -0.15) is 0 Å². The summed E-state index contributed by atoms with van der Waals surface area (Å²) in [6.07, 6.45) is -0.888. The van der Waals surface area contributed by atoms with Crippen molar-refractivity contribution in [1.82, 2.24) is 0 Å². The predicted molar refractivity (Wildman–Crippen MR) is 137 cm³/mol. The number of hydrogen-bond donors (Lipinski definition) is 1. The smallest absolute Gasteiger partial charge is 0.304 e. The summed E-state index contributed by atoms with van der Waals surface area (Å²) >= 11 is 5.87. The minimum absolute atomic E-state index is 0.101. The van der Waals surface area contributed by atoms with Crippen LogP contribution < -0.4 is 4.31 Å². The number of sulfonamides is 1. The first-order valence-electron chi connectivity index (χ1n) is 11.2. The predicted octanol–water partition coefficient (Wildman–Crippen LogP) is 5.15. The van der Waals surface area contributed by atoms with Crippen molar-refractivity contribution >= 4 is 43.1 Å². The Bertz CT molecular complexity index is 1550. The number of rotatable bonds is 11. The lowest BCUT2D eigenvalue weighted by Gasteiger charge is -2.32. The first-order valence-corrected chi connectivity index (χ1v) is 14.8. The number of aryl methyl sites for hydroxylation is 1. The molecule has 13 heteroatoms. The minimum atomic E-state index is -4.56. The monoisotopic (exact) mass is 589 g/mol. The molecule has 0 radical (unpaired) electrons. The Morgan fingerprint density at radius 2 is 1.53 bits per heavy atom. The molecule has 3 aromatic carbocycles. The van der Waals surface area contributed by atoms with Gasteiger partial charge >= 0.3 is 5.97 Å². The van der Waals surface area contributed by atoms with E-state index in [0.29, 0.717) is 10.4 Å². The van der Waals surface area contributed by atoms with E-state index in [0.717, 1.165) is 24.3 Å². The normalized spacial score (nSPS) is 12.8. The number of nitrogens with zero attached hydrogens (tertiary/aromatic N) is 1. The summed E-state index contributed by atoms with van der Waals surface area (Å²) in [4.78, 5) is 10.5. The topological polar surface area (TPSA) is 109 Å². The van der Waals surface area contributed by atoms with Gasteiger partial charge in [0, 0.05) is 11.1 Å². The zero-order chi connectivity index (χ0) is 28.3. The van der Waals surface area contributed by atoms with Crippen molar-refractivity contribution in [2.45, 2.75) is 30.7 Å². The van der Waals surface area contributed by atoms with E-state index in [1.54, 1.807) is 0 Å². The molecule has 0 aromatic heterocycles. The molecule has 0 amide bonds. The number of carboxylic acids is 1. The fourth-order valence-corrected chi connectivity index (χ4v) is 6.84. The molecule has 0 saturated carbocycles. The Balaban J connectivity index is 2.12. The fourth-order valence-electron chi connectivity index (χ4n) is 3.86. The van der Waals surface area contributed by atoms with Gasteiger partial charge in [-0.25, -0.2) is 30.0 Å². The Morgan fingerprint density at radius 3 is 2.16 bits per heavy atom. The van der Waals surface area contributed by atoms with E-state index < -0.39 is 72.9 Å². The van der Waals surface area contributed by atoms with E-state index in [1.165, 1.54) is 37.3 Å². The highest BCUT2D eigenvalue weighted by Crippen LogP contribution is 2.37. The summed E-state index contributed by atoms with van der Waals surface area (Å²) < 4.78 is 96.0. The molecule has 0 aliphatic heterocycles. The Labute approximate surface area is 223 Å².